The molecule has 0 bridgehead atoms. The van der Waals surface area contributed by atoms with Crippen molar-refractivity contribution in [3.8, 4) is 0 Å². The fourth-order valence-electron chi connectivity index (χ4n) is 3.29. The van der Waals surface area contributed by atoms with Crippen molar-refractivity contribution in [2.45, 2.75) is 51.4 Å². The molecule has 4 nitrogen and oxygen atoms in total. The van der Waals surface area contributed by atoms with Gasteiger partial charge in [-0.2, -0.15) is 0 Å². The summed E-state index contributed by atoms with van der Waals surface area (Å²) in [5.41, 5.74) is 0. The maximum absolute atomic E-state index is 5.79. The Hall–Kier alpha value is -0.160. The third-order valence-corrected chi connectivity index (χ3v) is 4.82. The van der Waals surface area contributed by atoms with Gasteiger partial charge in [-0.25, -0.2) is 0 Å². The van der Waals surface area contributed by atoms with Gasteiger partial charge in [0, 0.05) is 32.0 Å². The highest BCUT2D eigenvalue weighted by atomic mass is 16.7. The van der Waals surface area contributed by atoms with E-state index in [-0.39, 0.29) is 5.79 Å². The van der Waals surface area contributed by atoms with Crippen LogP contribution in [-0.2, 0) is 9.47 Å². The Kier molecular flexibility index (Phi) is 5.63. The second-order valence-electron chi connectivity index (χ2n) is 5.85. The van der Waals surface area contributed by atoms with E-state index in [1.165, 1.54) is 25.9 Å². The zero-order valence-corrected chi connectivity index (χ0v) is 12.9. The molecule has 112 valence electrons. The van der Waals surface area contributed by atoms with Gasteiger partial charge in [0.1, 0.15) is 0 Å². The Morgan fingerprint density at radius 3 is 2.11 bits per heavy atom. The van der Waals surface area contributed by atoms with Crippen molar-refractivity contribution >= 4 is 0 Å². The summed E-state index contributed by atoms with van der Waals surface area (Å²) in [7, 11) is 2.27. The quantitative estimate of drug-likeness (QED) is 0.736. The number of ether oxygens (including phenoxy) is 2. The van der Waals surface area contributed by atoms with E-state index < -0.39 is 0 Å². The van der Waals surface area contributed by atoms with Crippen LogP contribution in [0.15, 0.2) is 0 Å². The van der Waals surface area contributed by atoms with E-state index in [4.69, 9.17) is 9.47 Å². The zero-order chi connectivity index (χ0) is 13.7. The largest absolute Gasteiger partial charge is 0.348 e. The molecule has 0 amide bonds. The summed E-state index contributed by atoms with van der Waals surface area (Å²) >= 11 is 0. The second kappa shape index (κ2) is 7.02. The normalized spacial score (nSPS) is 23.8. The van der Waals surface area contributed by atoms with Crippen molar-refractivity contribution in [2.24, 2.45) is 0 Å². The highest BCUT2D eigenvalue weighted by molar-refractivity contribution is 4.86. The molecule has 1 heterocycles. The minimum atomic E-state index is -0.212. The predicted molar refractivity (Wildman–Crippen MR) is 77.3 cm³/mol. The van der Waals surface area contributed by atoms with Crippen LogP contribution in [0.2, 0.25) is 0 Å². The number of nitrogens with zero attached hydrogens (tertiary/aromatic N) is 2. The van der Waals surface area contributed by atoms with Crippen molar-refractivity contribution < 1.29 is 9.47 Å². The second-order valence-corrected chi connectivity index (χ2v) is 5.85. The molecule has 0 unspecified atom stereocenters. The molecule has 0 aromatic rings. The van der Waals surface area contributed by atoms with Gasteiger partial charge < -0.3 is 19.3 Å². The minimum absolute atomic E-state index is 0.212. The fraction of sp³-hybridized carbons (Fsp3) is 1.00. The Labute approximate surface area is 118 Å². The first kappa shape index (κ1) is 15.2. The van der Waals surface area contributed by atoms with Gasteiger partial charge in [-0.05, 0) is 33.0 Å². The molecule has 1 saturated carbocycles. The van der Waals surface area contributed by atoms with Crippen molar-refractivity contribution in [1.82, 2.24) is 9.80 Å². The van der Waals surface area contributed by atoms with Crippen LogP contribution < -0.4 is 0 Å². The topological polar surface area (TPSA) is 24.9 Å². The molecule has 0 radical (unpaired) electrons. The average Bonchev–Trinajstić information content (AvgIpc) is 2.89. The summed E-state index contributed by atoms with van der Waals surface area (Å²) in [5.74, 6) is -0.212. The maximum Gasteiger partial charge on any atom is 0.168 e. The molecule has 1 spiro atoms. The van der Waals surface area contributed by atoms with E-state index in [9.17, 15) is 0 Å². The van der Waals surface area contributed by atoms with Crippen LogP contribution in [0.25, 0.3) is 0 Å². The lowest BCUT2D eigenvalue weighted by Gasteiger charge is -2.39. The van der Waals surface area contributed by atoms with Crippen LogP contribution in [0.5, 0.6) is 0 Å². The number of rotatable bonds is 6. The van der Waals surface area contributed by atoms with Crippen molar-refractivity contribution in [3.63, 3.8) is 0 Å². The lowest BCUT2D eigenvalue weighted by atomic mass is 9.89. The van der Waals surface area contributed by atoms with E-state index >= 15 is 0 Å². The first-order chi connectivity index (χ1) is 9.19. The van der Waals surface area contributed by atoms with E-state index in [0.717, 1.165) is 39.1 Å². The van der Waals surface area contributed by atoms with Crippen LogP contribution >= 0.6 is 0 Å². The fourth-order valence-corrected chi connectivity index (χ4v) is 3.29. The van der Waals surface area contributed by atoms with E-state index in [1.54, 1.807) is 0 Å². The van der Waals surface area contributed by atoms with Crippen LogP contribution in [0, 0.1) is 0 Å². The standard InChI is InChI=1S/C15H30N2O2/c1-4-17(5-2)11-10-16(3)14-6-8-15(9-7-14)18-12-13-19-15/h14H,4-13H2,1-3H3. The molecular formula is C15H30N2O2. The lowest BCUT2D eigenvalue weighted by molar-refractivity contribution is -0.183. The summed E-state index contributed by atoms with van der Waals surface area (Å²) in [6, 6.07) is 0.703. The predicted octanol–water partition coefficient (Wildman–Crippen LogP) is 1.95. The smallest absolute Gasteiger partial charge is 0.168 e. The number of hydrogen-bond acceptors (Lipinski definition) is 4. The molecule has 2 fully saturated rings. The molecule has 2 rings (SSSR count). The SMILES string of the molecule is CCN(CC)CCN(C)C1CCC2(CC1)OCCO2. The van der Waals surface area contributed by atoms with Crippen molar-refractivity contribution in [2.75, 3.05) is 46.4 Å². The third kappa shape index (κ3) is 3.91. The Morgan fingerprint density at radius 1 is 1.00 bits per heavy atom. The zero-order valence-electron chi connectivity index (χ0n) is 12.9. The molecule has 4 heteroatoms. The molecule has 19 heavy (non-hydrogen) atoms. The van der Waals surface area contributed by atoms with Gasteiger partial charge in [0.05, 0.1) is 13.2 Å². The summed E-state index contributed by atoms with van der Waals surface area (Å²) < 4.78 is 11.6. The van der Waals surface area contributed by atoms with E-state index in [1.807, 2.05) is 0 Å². The van der Waals surface area contributed by atoms with Gasteiger partial charge in [-0.3, -0.25) is 0 Å². The summed E-state index contributed by atoms with van der Waals surface area (Å²) in [4.78, 5) is 5.02. The molecule has 2 aliphatic rings. The summed E-state index contributed by atoms with van der Waals surface area (Å²) in [6.07, 6.45) is 4.53. The average molecular weight is 270 g/mol. The Bertz CT molecular complexity index is 253. The molecule has 0 atom stereocenters. The molecule has 0 N–H and O–H groups in total. The lowest BCUT2D eigenvalue weighted by Crippen LogP contribution is -2.44. The Morgan fingerprint density at radius 2 is 1.58 bits per heavy atom. The van der Waals surface area contributed by atoms with Gasteiger partial charge in [0.25, 0.3) is 0 Å². The van der Waals surface area contributed by atoms with Crippen LogP contribution in [0.3, 0.4) is 0 Å². The van der Waals surface area contributed by atoms with Crippen LogP contribution in [-0.4, -0.2) is 68.1 Å². The van der Waals surface area contributed by atoms with Crippen molar-refractivity contribution in [1.29, 1.82) is 0 Å². The maximum atomic E-state index is 5.79. The van der Waals surface area contributed by atoms with Gasteiger partial charge >= 0.3 is 0 Å². The summed E-state index contributed by atoms with van der Waals surface area (Å²) in [6.45, 7) is 10.7. The summed E-state index contributed by atoms with van der Waals surface area (Å²) in [5, 5.41) is 0. The highest BCUT2D eigenvalue weighted by Crippen LogP contribution is 2.36. The van der Waals surface area contributed by atoms with Gasteiger partial charge in [-0.1, -0.05) is 13.8 Å². The minimum Gasteiger partial charge on any atom is -0.348 e. The van der Waals surface area contributed by atoms with Crippen LogP contribution in [0.4, 0.5) is 0 Å². The molecular weight excluding hydrogens is 240 g/mol. The Balaban J connectivity index is 1.71. The molecule has 0 aromatic carbocycles. The number of hydrogen-bond donors (Lipinski definition) is 0. The van der Waals surface area contributed by atoms with E-state index in [2.05, 4.69) is 30.7 Å². The molecule has 1 saturated heterocycles. The molecule has 0 aromatic heterocycles. The molecule has 1 aliphatic heterocycles. The number of likely N-dealkylation sites (N-methyl/N-ethyl adjacent to an activating group) is 2. The van der Waals surface area contributed by atoms with Crippen molar-refractivity contribution in [3.05, 3.63) is 0 Å². The first-order valence-electron chi connectivity index (χ1n) is 7.89. The third-order valence-electron chi connectivity index (χ3n) is 4.82. The van der Waals surface area contributed by atoms with Gasteiger partial charge in [0.15, 0.2) is 5.79 Å². The van der Waals surface area contributed by atoms with Gasteiger partial charge in [0.2, 0.25) is 0 Å². The van der Waals surface area contributed by atoms with Crippen LogP contribution in [0.1, 0.15) is 39.5 Å². The molecule has 1 aliphatic carbocycles. The van der Waals surface area contributed by atoms with Gasteiger partial charge in [-0.15, -0.1) is 0 Å². The monoisotopic (exact) mass is 270 g/mol. The first-order valence-corrected chi connectivity index (χ1v) is 7.89. The van der Waals surface area contributed by atoms with E-state index in [0.29, 0.717) is 6.04 Å². The highest BCUT2D eigenvalue weighted by Gasteiger charge is 2.40.